The first-order valence-corrected chi connectivity index (χ1v) is 6.63. The summed E-state index contributed by atoms with van der Waals surface area (Å²) >= 11 is 14.5. The Bertz CT molecular complexity index is 364. The zero-order chi connectivity index (χ0) is 11.6. The second-order valence-corrected chi connectivity index (χ2v) is 5.41. The van der Waals surface area contributed by atoms with Crippen LogP contribution in [0.2, 0.25) is 5.02 Å². The molecule has 0 heterocycles. The first-order chi connectivity index (χ1) is 6.99. The molecule has 0 radical (unpaired) electrons. The van der Waals surface area contributed by atoms with Gasteiger partial charge in [0, 0.05) is 10.6 Å². The standard InChI is InChI=1S/C11H13Cl2IO/c1-4-15-11-8(7(3)12)5-9(13)6(2)10(11)14/h5,7H,4H2,1-3H3. The second-order valence-electron chi connectivity index (χ2n) is 3.26. The number of halogens is 3. The lowest BCUT2D eigenvalue weighted by Gasteiger charge is -2.16. The minimum absolute atomic E-state index is 0.0989. The van der Waals surface area contributed by atoms with Crippen LogP contribution in [0.15, 0.2) is 6.07 Å². The molecule has 1 aromatic carbocycles. The smallest absolute Gasteiger partial charge is 0.137 e. The van der Waals surface area contributed by atoms with Crippen LogP contribution in [0.4, 0.5) is 0 Å². The SMILES string of the molecule is CCOc1c(C(C)Cl)cc(Cl)c(C)c1I. The van der Waals surface area contributed by atoms with Gasteiger partial charge in [0.1, 0.15) is 5.75 Å². The van der Waals surface area contributed by atoms with Crippen LogP contribution < -0.4 is 4.74 Å². The Morgan fingerprint density at radius 1 is 1.53 bits per heavy atom. The Morgan fingerprint density at radius 3 is 2.60 bits per heavy atom. The zero-order valence-electron chi connectivity index (χ0n) is 8.90. The molecule has 15 heavy (non-hydrogen) atoms. The fourth-order valence-corrected chi connectivity index (χ4v) is 2.59. The third-order valence-corrected chi connectivity index (χ3v) is 4.08. The highest BCUT2D eigenvalue weighted by molar-refractivity contribution is 14.1. The number of hydrogen-bond acceptors (Lipinski definition) is 1. The molecule has 84 valence electrons. The van der Waals surface area contributed by atoms with E-state index in [4.69, 9.17) is 27.9 Å². The van der Waals surface area contributed by atoms with E-state index in [1.165, 1.54) is 0 Å². The highest BCUT2D eigenvalue weighted by atomic mass is 127. The summed E-state index contributed by atoms with van der Waals surface area (Å²) in [4.78, 5) is 0. The summed E-state index contributed by atoms with van der Waals surface area (Å²) in [5.41, 5.74) is 2.00. The van der Waals surface area contributed by atoms with E-state index in [0.29, 0.717) is 6.61 Å². The van der Waals surface area contributed by atoms with Crippen LogP contribution in [0.1, 0.15) is 30.4 Å². The van der Waals surface area contributed by atoms with Crippen molar-refractivity contribution in [1.82, 2.24) is 0 Å². The van der Waals surface area contributed by atoms with Gasteiger partial charge in [0.05, 0.1) is 15.6 Å². The Hall–Kier alpha value is 0.330. The Balaban J connectivity index is 3.36. The molecular weight excluding hydrogens is 346 g/mol. The minimum atomic E-state index is -0.0989. The quantitative estimate of drug-likeness (QED) is 0.548. The van der Waals surface area contributed by atoms with E-state index in [0.717, 1.165) is 25.5 Å². The number of benzene rings is 1. The number of alkyl halides is 1. The maximum absolute atomic E-state index is 6.12. The van der Waals surface area contributed by atoms with Crippen LogP contribution in [0.5, 0.6) is 5.75 Å². The van der Waals surface area contributed by atoms with Gasteiger partial charge in [-0.25, -0.2) is 0 Å². The van der Waals surface area contributed by atoms with Crippen molar-refractivity contribution >= 4 is 45.8 Å². The van der Waals surface area contributed by atoms with Gasteiger partial charge in [-0.05, 0) is 55.0 Å². The van der Waals surface area contributed by atoms with Gasteiger partial charge >= 0.3 is 0 Å². The first kappa shape index (κ1) is 13.4. The molecule has 0 amide bonds. The summed E-state index contributed by atoms with van der Waals surface area (Å²) in [5, 5.41) is 0.642. The number of hydrogen-bond donors (Lipinski definition) is 0. The van der Waals surface area contributed by atoms with Crippen molar-refractivity contribution in [3.05, 3.63) is 25.8 Å². The number of ether oxygens (including phenoxy) is 1. The third kappa shape index (κ3) is 2.92. The van der Waals surface area contributed by atoms with Gasteiger partial charge in [0.25, 0.3) is 0 Å². The van der Waals surface area contributed by atoms with Crippen LogP contribution in [-0.4, -0.2) is 6.61 Å². The predicted molar refractivity (Wildman–Crippen MR) is 74.3 cm³/mol. The van der Waals surface area contributed by atoms with Crippen LogP contribution in [0, 0.1) is 10.5 Å². The van der Waals surface area contributed by atoms with Gasteiger partial charge in [-0.2, -0.15) is 0 Å². The van der Waals surface area contributed by atoms with E-state index in [-0.39, 0.29) is 5.38 Å². The molecule has 0 spiro atoms. The molecule has 1 nitrogen and oxygen atoms in total. The van der Waals surface area contributed by atoms with E-state index in [2.05, 4.69) is 22.6 Å². The highest BCUT2D eigenvalue weighted by Gasteiger charge is 2.16. The summed E-state index contributed by atoms with van der Waals surface area (Å²) in [7, 11) is 0. The normalized spacial score (nSPS) is 12.7. The Labute approximate surface area is 114 Å². The van der Waals surface area contributed by atoms with Gasteiger partial charge in [-0.15, -0.1) is 11.6 Å². The van der Waals surface area contributed by atoms with Crippen molar-refractivity contribution in [2.75, 3.05) is 6.61 Å². The van der Waals surface area contributed by atoms with Crippen molar-refractivity contribution in [2.24, 2.45) is 0 Å². The molecule has 0 saturated heterocycles. The fourth-order valence-electron chi connectivity index (χ4n) is 1.30. The molecule has 0 aliphatic heterocycles. The summed E-state index contributed by atoms with van der Waals surface area (Å²) < 4.78 is 6.66. The lowest BCUT2D eigenvalue weighted by molar-refractivity contribution is 0.334. The van der Waals surface area contributed by atoms with Gasteiger partial charge in [0.15, 0.2) is 0 Å². The van der Waals surface area contributed by atoms with Crippen LogP contribution in [-0.2, 0) is 0 Å². The van der Waals surface area contributed by atoms with Crippen molar-refractivity contribution in [1.29, 1.82) is 0 Å². The summed E-state index contributed by atoms with van der Waals surface area (Å²) in [6.45, 7) is 6.49. The molecule has 0 N–H and O–H groups in total. The Morgan fingerprint density at radius 2 is 2.13 bits per heavy atom. The van der Waals surface area contributed by atoms with Crippen molar-refractivity contribution in [3.8, 4) is 5.75 Å². The third-order valence-electron chi connectivity index (χ3n) is 2.15. The van der Waals surface area contributed by atoms with Gasteiger partial charge in [-0.1, -0.05) is 11.6 Å². The molecular formula is C11H13Cl2IO. The Kier molecular flexibility index (Phi) is 5.00. The lowest BCUT2D eigenvalue weighted by atomic mass is 10.1. The molecule has 1 atom stereocenters. The number of rotatable bonds is 3. The lowest BCUT2D eigenvalue weighted by Crippen LogP contribution is -2.01. The molecule has 0 bridgehead atoms. The highest BCUT2D eigenvalue weighted by Crippen LogP contribution is 2.38. The maximum atomic E-state index is 6.12. The second kappa shape index (κ2) is 5.60. The van der Waals surface area contributed by atoms with E-state index in [1.807, 2.05) is 26.8 Å². The maximum Gasteiger partial charge on any atom is 0.137 e. The minimum Gasteiger partial charge on any atom is -0.492 e. The van der Waals surface area contributed by atoms with Crippen LogP contribution in [0.25, 0.3) is 0 Å². The van der Waals surface area contributed by atoms with E-state index in [9.17, 15) is 0 Å². The van der Waals surface area contributed by atoms with Gasteiger partial charge in [0.2, 0.25) is 0 Å². The van der Waals surface area contributed by atoms with Crippen LogP contribution in [0.3, 0.4) is 0 Å². The molecule has 0 fully saturated rings. The van der Waals surface area contributed by atoms with Crippen molar-refractivity contribution < 1.29 is 4.74 Å². The molecule has 0 aliphatic rings. The van der Waals surface area contributed by atoms with E-state index < -0.39 is 0 Å². The molecule has 1 aromatic rings. The average Bonchev–Trinajstić information content (AvgIpc) is 2.18. The van der Waals surface area contributed by atoms with Crippen LogP contribution >= 0.6 is 45.8 Å². The summed E-state index contributed by atoms with van der Waals surface area (Å²) in [6, 6.07) is 1.89. The summed E-state index contributed by atoms with van der Waals surface area (Å²) in [5.74, 6) is 0.863. The monoisotopic (exact) mass is 358 g/mol. The van der Waals surface area contributed by atoms with Crippen molar-refractivity contribution in [3.63, 3.8) is 0 Å². The molecule has 0 saturated carbocycles. The first-order valence-electron chi connectivity index (χ1n) is 4.74. The molecule has 1 rings (SSSR count). The van der Waals surface area contributed by atoms with E-state index in [1.54, 1.807) is 0 Å². The predicted octanol–water partition coefficient (Wildman–Crippen LogP) is 4.95. The largest absolute Gasteiger partial charge is 0.492 e. The molecule has 4 heteroatoms. The van der Waals surface area contributed by atoms with Gasteiger partial charge < -0.3 is 4.74 Å². The topological polar surface area (TPSA) is 9.23 Å². The molecule has 0 aromatic heterocycles. The van der Waals surface area contributed by atoms with Crippen molar-refractivity contribution in [2.45, 2.75) is 26.1 Å². The van der Waals surface area contributed by atoms with Gasteiger partial charge in [-0.3, -0.25) is 0 Å². The van der Waals surface area contributed by atoms with E-state index >= 15 is 0 Å². The fraction of sp³-hybridized carbons (Fsp3) is 0.455. The summed E-state index contributed by atoms with van der Waals surface area (Å²) in [6.07, 6.45) is 0. The molecule has 0 aliphatic carbocycles. The molecule has 1 unspecified atom stereocenters. The zero-order valence-corrected chi connectivity index (χ0v) is 12.6. The average molecular weight is 359 g/mol.